The topological polar surface area (TPSA) is 76.7 Å². The van der Waals surface area contributed by atoms with Crippen LogP contribution in [-0.4, -0.2) is 24.5 Å². The molecule has 0 fully saturated rings. The molecule has 0 heterocycles. The lowest BCUT2D eigenvalue weighted by atomic mass is 10.2. The molecule has 6 nitrogen and oxygen atoms in total. The molecular formula is C19H16BrF3N2O4. The second-order valence-corrected chi connectivity index (χ2v) is 6.48. The smallest absolute Gasteiger partial charge is 0.387 e. The molecule has 0 saturated heterocycles. The molecule has 0 saturated carbocycles. The lowest BCUT2D eigenvalue weighted by molar-refractivity contribution is -0.131. The van der Waals surface area contributed by atoms with E-state index in [9.17, 15) is 22.8 Å². The van der Waals surface area contributed by atoms with Gasteiger partial charge in [-0.2, -0.15) is 8.78 Å². The quantitative estimate of drug-likeness (QED) is 0.474. The number of alkyl halides is 2. The zero-order valence-electron chi connectivity index (χ0n) is 15.0. The van der Waals surface area contributed by atoms with Crippen molar-refractivity contribution in [2.24, 2.45) is 0 Å². The van der Waals surface area contributed by atoms with Crippen LogP contribution in [0.5, 0.6) is 11.5 Å². The largest absolute Gasteiger partial charge is 0.478 e. The van der Waals surface area contributed by atoms with E-state index in [1.807, 2.05) is 0 Å². The number of rotatable bonds is 7. The van der Waals surface area contributed by atoms with Gasteiger partial charge in [-0.15, -0.1) is 0 Å². The van der Waals surface area contributed by atoms with E-state index in [1.165, 1.54) is 49.4 Å². The molecule has 2 aromatic rings. The van der Waals surface area contributed by atoms with Crippen LogP contribution in [0.25, 0.3) is 6.08 Å². The molecule has 0 bridgehead atoms. The molecule has 0 radical (unpaired) electrons. The third-order valence-corrected chi connectivity index (χ3v) is 3.91. The molecule has 2 aromatic carbocycles. The minimum atomic E-state index is -3.02. The molecule has 154 valence electrons. The van der Waals surface area contributed by atoms with Crippen molar-refractivity contribution in [3.8, 4) is 11.5 Å². The Morgan fingerprint density at radius 3 is 2.48 bits per heavy atom. The van der Waals surface area contributed by atoms with Crippen LogP contribution in [0.3, 0.4) is 0 Å². The molecule has 0 aromatic heterocycles. The third kappa shape index (κ3) is 7.15. The fourth-order valence-corrected chi connectivity index (χ4v) is 2.45. The number of para-hydroxylation sites is 1. The van der Waals surface area contributed by atoms with Crippen LogP contribution in [0.2, 0.25) is 0 Å². The summed E-state index contributed by atoms with van der Waals surface area (Å²) in [5.74, 6) is -2.32. The Hall–Kier alpha value is -3.01. The number of carbonyl (C=O) groups is 2. The highest BCUT2D eigenvalue weighted by molar-refractivity contribution is 9.10. The summed E-state index contributed by atoms with van der Waals surface area (Å²) in [5.41, 5.74) is 4.45. The lowest BCUT2D eigenvalue weighted by Crippen LogP contribution is -2.46. The molecule has 0 aliphatic heterocycles. The maximum Gasteiger partial charge on any atom is 0.387 e. The van der Waals surface area contributed by atoms with Gasteiger partial charge in [-0.05, 0) is 43.3 Å². The summed E-state index contributed by atoms with van der Waals surface area (Å²) in [6.07, 6.45) is 1.17. The predicted molar refractivity (Wildman–Crippen MR) is 103 cm³/mol. The van der Waals surface area contributed by atoms with Gasteiger partial charge in [0.2, 0.25) is 0 Å². The van der Waals surface area contributed by atoms with E-state index in [0.29, 0.717) is 4.47 Å². The SMILES string of the molecule is CC(Oc1ccccc1F)C(=O)NNC(=O)/C=C/c1cc(Br)ccc1OC(F)F. The van der Waals surface area contributed by atoms with Gasteiger partial charge in [0.1, 0.15) is 5.75 Å². The number of hydrogen-bond acceptors (Lipinski definition) is 4. The standard InChI is InChI=1S/C19H16BrF3N2O4/c1-11(28-16-5-3-2-4-14(16)21)18(27)25-24-17(26)9-6-12-10-13(20)7-8-15(12)29-19(22)23/h2-11,19H,1H3,(H,24,26)(H,25,27)/b9-6+. The van der Waals surface area contributed by atoms with E-state index < -0.39 is 30.3 Å². The molecule has 2 rings (SSSR count). The highest BCUT2D eigenvalue weighted by Gasteiger charge is 2.16. The van der Waals surface area contributed by atoms with E-state index >= 15 is 0 Å². The molecular weight excluding hydrogens is 457 g/mol. The third-order valence-electron chi connectivity index (χ3n) is 3.42. The van der Waals surface area contributed by atoms with Gasteiger partial charge in [-0.1, -0.05) is 28.1 Å². The second-order valence-electron chi connectivity index (χ2n) is 5.56. The predicted octanol–water partition coefficient (Wildman–Crippen LogP) is 3.82. The first kappa shape index (κ1) is 22.3. The fourth-order valence-electron chi connectivity index (χ4n) is 2.07. The second kappa shape index (κ2) is 10.5. The molecule has 2 amide bonds. The zero-order chi connectivity index (χ0) is 21.4. The van der Waals surface area contributed by atoms with Crippen molar-refractivity contribution in [3.05, 3.63) is 64.4 Å². The first-order valence-corrected chi connectivity index (χ1v) is 8.99. The number of carbonyl (C=O) groups excluding carboxylic acids is 2. The van der Waals surface area contributed by atoms with Gasteiger partial charge in [0.15, 0.2) is 17.7 Å². The number of hydrazine groups is 1. The van der Waals surface area contributed by atoms with Crippen LogP contribution in [0.1, 0.15) is 12.5 Å². The Morgan fingerprint density at radius 1 is 1.07 bits per heavy atom. The Morgan fingerprint density at radius 2 is 1.79 bits per heavy atom. The maximum atomic E-state index is 13.5. The molecule has 10 heteroatoms. The van der Waals surface area contributed by atoms with Crippen molar-refractivity contribution < 1.29 is 32.2 Å². The van der Waals surface area contributed by atoms with Crippen molar-refractivity contribution in [2.75, 3.05) is 0 Å². The van der Waals surface area contributed by atoms with Crippen molar-refractivity contribution in [1.82, 2.24) is 10.9 Å². The van der Waals surface area contributed by atoms with E-state index in [2.05, 4.69) is 31.5 Å². The average molecular weight is 473 g/mol. The maximum absolute atomic E-state index is 13.5. The summed E-state index contributed by atoms with van der Waals surface area (Å²) in [4.78, 5) is 23.8. The Bertz CT molecular complexity index is 909. The molecule has 29 heavy (non-hydrogen) atoms. The van der Waals surface area contributed by atoms with Gasteiger partial charge in [-0.25, -0.2) is 4.39 Å². The number of nitrogens with one attached hydrogen (secondary N) is 2. The number of amides is 2. The van der Waals surface area contributed by atoms with Crippen LogP contribution >= 0.6 is 15.9 Å². The molecule has 0 aliphatic carbocycles. The van der Waals surface area contributed by atoms with E-state index in [4.69, 9.17) is 4.74 Å². The fraction of sp³-hybridized carbons (Fsp3) is 0.158. The molecule has 0 aliphatic rings. The van der Waals surface area contributed by atoms with Crippen molar-refractivity contribution in [3.63, 3.8) is 0 Å². The summed E-state index contributed by atoms with van der Waals surface area (Å²) in [7, 11) is 0. The molecule has 0 spiro atoms. The minimum absolute atomic E-state index is 0.109. The van der Waals surface area contributed by atoms with Crippen LogP contribution < -0.4 is 20.3 Å². The van der Waals surface area contributed by atoms with E-state index in [1.54, 1.807) is 6.07 Å². The number of hydrogen-bond donors (Lipinski definition) is 2. The van der Waals surface area contributed by atoms with Crippen LogP contribution in [0.4, 0.5) is 13.2 Å². The summed E-state index contributed by atoms with van der Waals surface area (Å²) < 4.78 is 48.6. The molecule has 1 unspecified atom stereocenters. The van der Waals surface area contributed by atoms with Gasteiger partial charge in [-0.3, -0.25) is 20.4 Å². The van der Waals surface area contributed by atoms with Crippen LogP contribution in [-0.2, 0) is 9.59 Å². The van der Waals surface area contributed by atoms with Gasteiger partial charge in [0, 0.05) is 16.1 Å². The summed E-state index contributed by atoms with van der Waals surface area (Å²) in [5, 5.41) is 0. The number of benzene rings is 2. The Kier molecular flexibility index (Phi) is 8.08. The number of ether oxygens (including phenoxy) is 2. The van der Waals surface area contributed by atoms with Crippen molar-refractivity contribution in [1.29, 1.82) is 0 Å². The molecule has 1 atom stereocenters. The monoisotopic (exact) mass is 472 g/mol. The van der Waals surface area contributed by atoms with Crippen molar-refractivity contribution in [2.45, 2.75) is 19.6 Å². The van der Waals surface area contributed by atoms with Gasteiger partial charge in [0.25, 0.3) is 11.8 Å². The average Bonchev–Trinajstić information content (AvgIpc) is 2.67. The van der Waals surface area contributed by atoms with E-state index in [0.717, 1.165) is 6.08 Å². The lowest BCUT2D eigenvalue weighted by Gasteiger charge is -2.15. The summed E-state index contributed by atoms with van der Waals surface area (Å²) >= 11 is 3.19. The summed E-state index contributed by atoms with van der Waals surface area (Å²) in [6, 6.07) is 9.86. The normalized spacial score (nSPS) is 11.9. The molecule has 2 N–H and O–H groups in total. The Labute approximate surface area is 172 Å². The first-order valence-electron chi connectivity index (χ1n) is 8.19. The highest BCUT2D eigenvalue weighted by Crippen LogP contribution is 2.26. The van der Waals surface area contributed by atoms with Gasteiger partial charge < -0.3 is 9.47 Å². The van der Waals surface area contributed by atoms with Crippen LogP contribution in [0, 0.1) is 5.82 Å². The summed E-state index contributed by atoms with van der Waals surface area (Å²) in [6.45, 7) is -1.65. The number of halogens is 4. The zero-order valence-corrected chi connectivity index (χ0v) is 16.6. The van der Waals surface area contributed by atoms with E-state index in [-0.39, 0.29) is 17.1 Å². The highest BCUT2D eigenvalue weighted by atomic mass is 79.9. The van der Waals surface area contributed by atoms with Crippen molar-refractivity contribution >= 4 is 33.8 Å². The minimum Gasteiger partial charge on any atom is -0.478 e. The Balaban J connectivity index is 1.91. The van der Waals surface area contributed by atoms with Crippen LogP contribution in [0.15, 0.2) is 53.0 Å². The first-order chi connectivity index (χ1) is 13.8. The van der Waals surface area contributed by atoms with Gasteiger partial charge >= 0.3 is 6.61 Å². The van der Waals surface area contributed by atoms with Gasteiger partial charge in [0.05, 0.1) is 0 Å².